The molecule has 1 fully saturated rings. The van der Waals surface area contributed by atoms with Crippen molar-refractivity contribution in [1.82, 2.24) is 15.2 Å². The highest BCUT2D eigenvalue weighted by Crippen LogP contribution is 2.17. The van der Waals surface area contributed by atoms with Crippen molar-refractivity contribution >= 4 is 29.9 Å². The third kappa shape index (κ3) is 4.00. The molecule has 1 N–H and O–H groups in total. The average molecular weight is 412 g/mol. The van der Waals surface area contributed by atoms with Gasteiger partial charge in [-0.05, 0) is 25.0 Å². The molecule has 6 heteroatoms. The largest absolute Gasteiger partial charge is 0.444 e. The first-order chi connectivity index (χ1) is 10.4. The van der Waals surface area contributed by atoms with E-state index >= 15 is 0 Å². The summed E-state index contributed by atoms with van der Waals surface area (Å²) in [5.41, 5.74) is 1.88. The van der Waals surface area contributed by atoms with Gasteiger partial charge in [0.15, 0.2) is 5.96 Å². The van der Waals surface area contributed by atoms with Crippen LogP contribution in [0.15, 0.2) is 46.0 Å². The first kappa shape index (κ1) is 16.8. The summed E-state index contributed by atoms with van der Waals surface area (Å²) in [6, 6.07) is 9.92. The number of guanidine groups is 1. The third-order valence-corrected chi connectivity index (χ3v) is 3.62. The summed E-state index contributed by atoms with van der Waals surface area (Å²) in [5, 5.41) is 3.35. The highest BCUT2D eigenvalue weighted by atomic mass is 127. The number of nitrogens with zero attached hydrogens (tertiary/aromatic N) is 3. The molecular formula is C16H21IN4O. The molecule has 1 aliphatic heterocycles. The summed E-state index contributed by atoms with van der Waals surface area (Å²) in [6.45, 7) is 2.78. The normalized spacial score (nSPS) is 14.8. The number of nitrogens with one attached hydrogen (secondary N) is 1. The van der Waals surface area contributed by atoms with Gasteiger partial charge in [-0.15, -0.1) is 24.0 Å². The molecule has 2 heterocycles. The van der Waals surface area contributed by atoms with Crippen LogP contribution >= 0.6 is 24.0 Å². The van der Waals surface area contributed by atoms with E-state index in [1.165, 1.54) is 12.8 Å². The number of aromatic nitrogens is 1. The molecule has 0 aliphatic carbocycles. The Morgan fingerprint density at radius 3 is 2.68 bits per heavy atom. The lowest BCUT2D eigenvalue weighted by molar-refractivity contribution is 0.492. The minimum atomic E-state index is 0. The zero-order valence-corrected chi connectivity index (χ0v) is 15.0. The fourth-order valence-corrected chi connectivity index (χ4v) is 2.53. The summed E-state index contributed by atoms with van der Waals surface area (Å²) >= 11 is 0. The van der Waals surface area contributed by atoms with E-state index in [9.17, 15) is 0 Å². The molecule has 1 aromatic heterocycles. The Morgan fingerprint density at radius 1 is 1.27 bits per heavy atom. The average Bonchev–Trinajstić information content (AvgIpc) is 3.20. The minimum Gasteiger partial charge on any atom is -0.444 e. The number of aliphatic imine (C=N–C) groups is 1. The van der Waals surface area contributed by atoms with Crippen molar-refractivity contribution in [3.8, 4) is 11.5 Å². The first-order valence-electron chi connectivity index (χ1n) is 7.32. The molecule has 1 aromatic carbocycles. The van der Waals surface area contributed by atoms with Crippen molar-refractivity contribution in [2.24, 2.45) is 4.99 Å². The highest BCUT2D eigenvalue weighted by molar-refractivity contribution is 14.0. The van der Waals surface area contributed by atoms with Crippen molar-refractivity contribution in [2.75, 3.05) is 20.1 Å². The van der Waals surface area contributed by atoms with Crippen LogP contribution in [0.25, 0.3) is 11.5 Å². The van der Waals surface area contributed by atoms with E-state index in [1.54, 1.807) is 6.26 Å². The molecular weight excluding hydrogens is 391 g/mol. The molecule has 0 unspecified atom stereocenters. The van der Waals surface area contributed by atoms with Gasteiger partial charge in [-0.25, -0.2) is 4.98 Å². The topological polar surface area (TPSA) is 53.7 Å². The second-order valence-electron chi connectivity index (χ2n) is 5.10. The van der Waals surface area contributed by atoms with Gasteiger partial charge in [0.25, 0.3) is 0 Å². The predicted molar refractivity (Wildman–Crippen MR) is 98.4 cm³/mol. The Balaban J connectivity index is 0.00000176. The van der Waals surface area contributed by atoms with Crippen LogP contribution in [0.3, 0.4) is 0 Å². The van der Waals surface area contributed by atoms with Crippen LogP contribution in [-0.4, -0.2) is 36.0 Å². The van der Waals surface area contributed by atoms with Crippen LogP contribution in [0.5, 0.6) is 0 Å². The number of oxazole rings is 1. The molecule has 5 nitrogen and oxygen atoms in total. The number of rotatable bonds is 3. The van der Waals surface area contributed by atoms with Crippen LogP contribution in [0.2, 0.25) is 0 Å². The molecule has 0 saturated carbocycles. The number of hydrogen-bond donors (Lipinski definition) is 1. The zero-order chi connectivity index (χ0) is 14.5. The van der Waals surface area contributed by atoms with Gasteiger partial charge < -0.3 is 14.6 Å². The van der Waals surface area contributed by atoms with Gasteiger partial charge in [-0.3, -0.25) is 4.99 Å². The molecule has 0 atom stereocenters. The summed E-state index contributed by atoms with van der Waals surface area (Å²) < 4.78 is 5.54. The molecule has 1 aliphatic rings. The van der Waals surface area contributed by atoms with E-state index < -0.39 is 0 Å². The van der Waals surface area contributed by atoms with Crippen LogP contribution in [0.4, 0.5) is 0 Å². The molecule has 2 aromatic rings. The molecule has 0 bridgehead atoms. The second-order valence-corrected chi connectivity index (χ2v) is 5.10. The number of halogens is 1. The van der Waals surface area contributed by atoms with Crippen molar-refractivity contribution < 1.29 is 4.42 Å². The predicted octanol–water partition coefficient (Wildman–Crippen LogP) is 3.13. The quantitative estimate of drug-likeness (QED) is 0.478. The fourth-order valence-electron chi connectivity index (χ4n) is 2.53. The van der Waals surface area contributed by atoms with E-state index in [-0.39, 0.29) is 24.0 Å². The van der Waals surface area contributed by atoms with E-state index in [0.29, 0.717) is 12.4 Å². The lowest BCUT2D eigenvalue weighted by Crippen LogP contribution is -2.39. The smallest absolute Gasteiger partial charge is 0.226 e. The van der Waals surface area contributed by atoms with E-state index in [2.05, 4.69) is 20.2 Å². The zero-order valence-electron chi connectivity index (χ0n) is 12.7. The van der Waals surface area contributed by atoms with Crippen molar-refractivity contribution in [2.45, 2.75) is 19.4 Å². The maximum absolute atomic E-state index is 5.54. The number of likely N-dealkylation sites (tertiary alicyclic amines) is 1. The molecule has 0 amide bonds. The standard InChI is InChI=1S/C16H20N4O.HI/c1-17-16(20-9-5-6-10-20)18-11-14-12-21-15(19-14)13-7-3-2-4-8-13;/h2-4,7-8,12H,5-6,9-11H2,1H3,(H,17,18);1H. The summed E-state index contributed by atoms with van der Waals surface area (Å²) in [7, 11) is 1.82. The van der Waals surface area contributed by atoms with Crippen molar-refractivity contribution in [3.05, 3.63) is 42.3 Å². The number of hydrogen-bond acceptors (Lipinski definition) is 3. The molecule has 0 radical (unpaired) electrons. The Hall–Kier alpha value is -1.57. The van der Waals surface area contributed by atoms with Gasteiger partial charge in [0.2, 0.25) is 5.89 Å². The van der Waals surface area contributed by atoms with Gasteiger partial charge in [-0.2, -0.15) is 0 Å². The Labute approximate surface area is 147 Å². The Morgan fingerprint density at radius 2 is 2.00 bits per heavy atom. The molecule has 3 rings (SSSR count). The van der Waals surface area contributed by atoms with Crippen LogP contribution in [-0.2, 0) is 6.54 Å². The van der Waals surface area contributed by atoms with E-state index in [1.807, 2.05) is 37.4 Å². The molecule has 118 valence electrons. The first-order valence-corrected chi connectivity index (χ1v) is 7.32. The molecule has 1 saturated heterocycles. The summed E-state index contributed by atoms with van der Waals surface area (Å²) in [5.74, 6) is 1.60. The van der Waals surface area contributed by atoms with Crippen LogP contribution in [0, 0.1) is 0 Å². The number of benzene rings is 1. The lowest BCUT2D eigenvalue weighted by atomic mass is 10.2. The lowest BCUT2D eigenvalue weighted by Gasteiger charge is -2.20. The fraction of sp³-hybridized carbons (Fsp3) is 0.375. The monoisotopic (exact) mass is 412 g/mol. The van der Waals surface area contributed by atoms with Crippen LogP contribution < -0.4 is 5.32 Å². The maximum Gasteiger partial charge on any atom is 0.226 e. The Bertz CT molecular complexity index is 606. The Kier molecular flexibility index (Phi) is 6.23. The second kappa shape index (κ2) is 8.17. The maximum atomic E-state index is 5.54. The van der Waals surface area contributed by atoms with Gasteiger partial charge in [0.1, 0.15) is 6.26 Å². The van der Waals surface area contributed by atoms with Crippen LogP contribution in [0.1, 0.15) is 18.5 Å². The third-order valence-electron chi connectivity index (χ3n) is 3.62. The molecule has 0 spiro atoms. The van der Waals surface area contributed by atoms with Gasteiger partial charge in [-0.1, -0.05) is 18.2 Å². The summed E-state index contributed by atoms with van der Waals surface area (Å²) in [4.78, 5) is 11.1. The molecule has 22 heavy (non-hydrogen) atoms. The minimum absolute atomic E-state index is 0. The SMILES string of the molecule is CN=C(NCc1coc(-c2ccccc2)n1)N1CCCC1.I. The van der Waals surface area contributed by atoms with Crippen molar-refractivity contribution in [3.63, 3.8) is 0 Å². The van der Waals surface area contributed by atoms with Gasteiger partial charge in [0, 0.05) is 25.7 Å². The van der Waals surface area contributed by atoms with E-state index in [0.717, 1.165) is 30.3 Å². The summed E-state index contributed by atoms with van der Waals surface area (Å²) in [6.07, 6.45) is 4.18. The van der Waals surface area contributed by atoms with Crippen molar-refractivity contribution in [1.29, 1.82) is 0 Å². The van der Waals surface area contributed by atoms with E-state index in [4.69, 9.17) is 4.42 Å². The highest BCUT2D eigenvalue weighted by Gasteiger charge is 2.16. The van der Waals surface area contributed by atoms with Gasteiger partial charge >= 0.3 is 0 Å². The van der Waals surface area contributed by atoms with Gasteiger partial charge in [0.05, 0.1) is 12.2 Å².